The molecule has 2 aromatic rings. The second-order valence-corrected chi connectivity index (χ2v) is 5.25. The van der Waals surface area contributed by atoms with Gasteiger partial charge in [0.2, 0.25) is 0 Å². The molecule has 0 radical (unpaired) electrons. The molecule has 2 heterocycles. The van der Waals surface area contributed by atoms with Crippen LogP contribution in [0.2, 0.25) is 5.15 Å². The van der Waals surface area contributed by atoms with Crippen molar-refractivity contribution in [2.75, 3.05) is 0 Å². The lowest BCUT2D eigenvalue weighted by Gasteiger charge is -2.04. The summed E-state index contributed by atoms with van der Waals surface area (Å²) in [4.78, 5) is 29.8. The summed E-state index contributed by atoms with van der Waals surface area (Å²) in [5.74, 6) is -0.531. The van der Waals surface area contributed by atoms with Crippen molar-refractivity contribution in [2.24, 2.45) is 0 Å². The van der Waals surface area contributed by atoms with Crippen LogP contribution in [0.15, 0.2) is 17.6 Å². The predicted molar refractivity (Wildman–Crippen MR) is 73.9 cm³/mol. The molecule has 2 aromatic heterocycles. The van der Waals surface area contributed by atoms with E-state index in [0.717, 1.165) is 23.0 Å². The number of hydrogen-bond donors (Lipinski definition) is 1. The molecule has 1 amide bonds. The number of hydrogen-bond acceptors (Lipinski definition) is 6. The number of halogens is 1. The quantitative estimate of drug-likeness (QED) is 0.531. The third-order valence-electron chi connectivity index (χ3n) is 2.38. The third kappa shape index (κ3) is 3.28. The van der Waals surface area contributed by atoms with Crippen molar-refractivity contribution in [3.8, 4) is 0 Å². The van der Waals surface area contributed by atoms with Crippen molar-refractivity contribution < 1.29 is 9.72 Å². The Bertz CT molecular complexity index is 673. The zero-order valence-corrected chi connectivity index (χ0v) is 11.9. The molecule has 9 heteroatoms. The normalized spacial score (nSPS) is 10.3. The van der Waals surface area contributed by atoms with Gasteiger partial charge in [0.1, 0.15) is 11.3 Å². The summed E-state index contributed by atoms with van der Waals surface area (Å²) in [6, 6.07) is 1.09. The minimum Gasteiger partial charge on any atom is -0.346 e. The number of rotatable bonds is 4. The molecule has 0 unspecified atom stereocenters. The van der Waals surface area contributed by atoms with Crippen LogP contribution >= 0.6 is 22.9 Å². The maximum Gasteiger partial charge on any atom is 0.288 e. The summed E-state index contributed by atoms with van der Waals surface area (Å²) in [6.45, 7) is 2.08. The van der Waals surface area contributed by atoms with Gasteiger partial charge >= 0.3 is 0 Å². The van der Waals surface area contributed by atoms with Crippen molar-refractivity contribution in [1.29, 1.82) is 0 Å². The third-order valence-corrected chi connectivity index (χ3v) is 3.50. The predicted octanol–water partition coefficient (Wildman–Crippen LogP) is 2.34. The van der Waals surface area contributed by atoms with E-state index < -0.39 is 10.8 Å². The lowest BCUT2D eigenvalue weighted by atomic mass is 10.2. The average molecular weight is 313 g/mol. The molecule has 1 N–H and O–H groups in total. The molecule has 2 rings (SSSR count). The number of nitrogens with one attached hydrogen (secondary N) is 1. The van der Waals surface area contributed by atoms with Gasteiger partial charge in [0.05, 0.1) is 27.7 Å². The molecule has 0 aromatic carbocycles. The number of pyridine rings is 1. The van der Waals surface area contributed by atoms with E-state index in [-0.39, 0.29) is 22.9 Å². The molecule has 0 aliphatic heterocycles. The Morgan fingerprint density at radius 3 is 2.95 bits per heavy atom. The number of nitro groups is 1. The maximum absolute atomic E-state index is 11.9. The van der Waals surface area contributed by atoms with E-state index in [4.69, 9.17) is 11.6 Å². The lowest BCUT2D eigenvalue weighted by Crippen LogP contribution is -2.23. The summed E-state index contributed by atoms with van der Waals surface area (Å²) in [5, 5.41) is 15.9. The van der Waals surface area contributed by atoms with Gasteiger partial charge < -0.3 is 5.32 Å². The first-order valence-electron chi connectivity index (χ1n) is 5.46. The summed E-state index contributed by atoms with van der Waals surface area (Å²) in [6.07, 6.45) is 1.00. The Balaban J connectivity index is 2.12. The summed E-state index contributed by atoms with van der Waals surface area (Å²) in [5.41, 5.74) is 0.396. The second kappa shape index (κ2) is 5.93. The Labute approximate surface area is 122 Å². The van der Waals surface area contributed by atoms with Crippen molar-refractivity contribution >= 4 is 34.5 Å². The highest BCUT2D eigenvalue weighted by Gasteiger charge is 2.17. The van der Waals surface area contributed by atoms with Gasteiger partial charge in [-0.2, -0.15) is 0 Å². The highest BCUT2D eigenvalue weighted by molar-refractivity contribution is 7.09. The van der Waals surface area contributed by atoms with Gasteiger partial charge in [-0.15, -0.1) is 11.3 Å². The molecule has 0 saturated carbocycles. The van der Waals surface area contributed by atoms with Crippen LogP contribution in [0.3, 0.4) is 0 Å². The SMILES string of the molecule is Cc1nc(CNC(=O)c2cc([N+](=O)[O-])cnc2Cl)cs1. The number of thiazole rings is 1. The van der Waals surface area contributed by atoms with Crippen LogP contribution in [0.4, 0.5) is 5.69 Å². The Kier molecular flexibility index (Phi) is 4.26. The fraction of sp³-hybridized carbons (Fsp3) is 0.182. The van der Waals surface area contributed by atoms with Crippen molar-refractivity contribution in [1.82, 2.24) is 15.3 Å². The van der Waals surface area contributed by atoms with Crippen molar-refractivity contribution in [2.45, 2.75) is 13.5 Å². The van der Waals surface area contributed by atoms with Crippen molar-refractivity contribution in [3.63, 3.8) is 0 Å². The monoisotopic (exact) mass is 312 g/mol. The smallest absolute Gasteiger partial charge is 0.288 e. The Morgan fingerprint density at radius 1 is 1.60 bits per heavy atom. The molecule has 0 atom stereocenters. The minimum atomic E-state index is -0.635. The van der Waals surface area contributed by atoms with Gasteiger partial charge in [-0.3, -0.25) is 14.9 Å². The number of aryl methyl sites for hydroxylation is 1. The Morgan fingerprint density at radius 2 is 2.35 bits per heavy atom. The van der Waals surface area contributed by atoms with Gasteiger partial charge in [-0.1, -0.05) is 11.6 Å². The number of carbonyl (C=O) groups excluding carboxylic acids is 1. The van der Waals surface area contributed by atoms with E-state index >= 15 is 0 Å². The van der Waals surface area contributed by atoms with Crippen LogP contribution in [0.25, 0.3) is 0 Å². The van der Waals surface area contributed by atoms with E-state index in [1.165, 1.54) is 11.3 Å². The summed E-state index contributed by atoms with van der Waals surface area (Å²) >= 11 is 7.24. The van der Waals surface area contributed by atoms with E-state index in [1.54, 1.807) is 0 Å². The average Bonchev–Trinajstić information content (AvgIpc) is 2.82. The molecule has 0 bridgehead atoms. The van der Waals surface area contributed by atoms with Crippen LogP contribution in [0, 0.1) is 17.0 Å². The largest absolute Gasteiger partial charge is 0.346 e. The molecule has 104 valence electrons. The van der Waals surface area contributed by atoms with Crippen LogP contribution in [-0.2, 0) is 6.54 Å². The number of carbonyl (C=O) groups is 1. The van der Waals surface area contributed by atoms with Gasteiger partial charge in [-0.05, 0) is 6.92 Å². The van der Waals surface area contributed by atoms with Crippen LogP contribution in [-0.4, -0.2) is 20.8 Å². The fourth-order valence-corrected chi connectivity index (χ4v) is 2.25. The zero-order valence-electron chi connectivity index (χ0n) is 10.3. The highest BCUT2D eigenvalue weighted by Crippen LogP contribution is 2.19. The van der Waals surface area contributed by atoms with Gasteiger partial charge in [0, 0.05) is 11.4 Å². The van der Waals surface area contributed by atoms with Crippen LogP contribution in [0.5, 0.6) is 0 Å². The first-order valence-corrected chi connectivity index (χ1v) is 6.72. The molecule has 7 nitrogen and oxygen atoms in total. The van der Waals surface area contributed by atoms with Gasteiger partial charge in [0.15, 0.2) is 0 Å². The van der Waals surface area contributed by atoms with Crippen molar-refractivity contribution in [3.05, 3.63) is 49.2 Å². The standard InChI is InChI=1S/C11H9ClN4O3S/c1-6-15-7(5-20-6)3-14-11(17)9-2-8(16(18)19)4-13-10(9)12/h2,4-5H,3H2,1H3,(H,14,17). The molecular weight excluding hydrogens is 304 g/mol. The number of amides is 1. The maximum atomic E-state index is 11.9. The first-order chi connectivity index (χ1) is 9.47. The van der Waals surface area contributed by atoms with Crippen LogP contribution in [0.1, 0.15) is 21.1 Å². The second-order valence-electron chi connectivity index (χ2n) is 3.83. The molecule has 0 spiro atoms. The molecule has 20 heavy (non-hydrogen) atoms. The van der Waals surface area contributed by atoms with E-state index in [2.05, 4.69) is 15.3 Å². The lowest BCUT2D eigenvalue weighted by molar-refractivity contribution is -0.385. The minimum absolute atomic E-state index is 0.0344. The first kappa shape index (κ1) is 14.4. The van der Waals surface area contributed by atoms with Gasteiger partial charge in [0.25, 0.3) is 11.6 Å². The molecule has 0 saturated heterocycles. The van der Waals surface area contributed by atoms with E-state index in [1.807, 2.05) is 12.3 Å². The molecule has 0 aliphatic rings. The van der Waals surface area contributed by atoms with Crippen LogP contribution < -0.4 is 5.32 Å². The van der Waals surface area contributed by atoms with E-state index in [0.29, 0.717) is 0 Å². The van der Waals surface area contributed by atoms with E-state index in [9.17, 15) is 14.9 Å². The fourth-order valence-electron chi connectivity index (χ4n) is 1.45. The van der Waals surface area contributed by atoms with Gasteiger partial charge in [-0.25, -0.2) is 9.97 Å². The Hall–Kier alpha value is -2.06. The summed E-state index contributed by atoms with van der Waals surface area (Å²) in [7, 11) is 0. The topological polar surface area (TPSA) is 98.0 Å². The number of nitrogens with zero attached hydrogens (tertiary/aromatic N) is 3. The zero-order chi connectivity index (χ0) is 14.7. The number of aromatic nitrogens is 2. The molecule has 0 fully saturated rings. The molecule has 0 aliphatic carbocycles. The summed E-state index contributed by atoms with van der Waals surface area (Å²) < 4.78 is 0. The highest BCUT2D eigenvalue weighted by atomic mass is 35.5. The molecular formula is C11H9ClN4O3S.